The highest BCUT2D eigenvalue weighted by Crippen LogP contribution is 2.49. The summed E-state index contributed by atoms with van der Waals surface area (Å²) >= 11 is 0. The van der Waals surface area contributed by atoms with Gasteiger partial charge in [-0.05, 0) is 43.2 Å². The topological polar surface area (TPSA) is 12.0 Å². The van der Waals surface area contributed by atoms with Crippen LogP contribution in [0.5, 0.6) is 0 Å². The van der Waals surface area contributed by atoms with Crippen molar-refractivity contribution in [2.45, 2.75) is 58.4 Å². The van der Waals surface area contributed by atoms with Gasteiger partial charge < -0.3 is 5.32 Å². The normalized spacial score (nSPS) is 19.9. The van der Waals surface area contributed by atoms with Gasteiger partial charge in [0, 0.05) is 6.04 Å². The van der Waals surface area contributed by atoms with Crippen LogP contribution in [-0.2, 0) is 0 Å². The number of hydrogen-bond donors (Lipinski definition) is 1. The van der Waals surface area contributed by atoms with Gasteiger partial charge in [0.1, 0.15) is 0 Å². The van der Waals surface area contributed by atoms with E-state index in [1.54, 1.807) is 0 Å². The van der Waals surface area contributed by atoms with Gasteiger partial charge in [0.25, 0.3) is 0 Å². The van der Waals surface area contributed by atoms with Gasteiger partial charge in [-0.3, -0.25) is 0 Å². The van der Waals surface area contributed by atoms with E-state index >= 15 is 0 Å². The summed E-state index contributed by atoms with van der Waals surface area (Å²) in [5, 5.41) is 3.82. The van der Waals surface area contributed by atoms with Crippen LogP contribution in [-0.4, -0.2) is 6.54 Å². The third-order valence-electron chi connectivity index (χ3n) is 4.65. The summed E-state index contributed by atoms with van der Waals surface area (Å²) in [6.45, 7) is 5.75. The Kier molecular flexibility index (Phi) is 4.82. The van der Waals surface area contributed by atoms with Gasteiger partial charge in [0.05, 0.1) is 0 Å². The fraction of sp³-hybridized carbons (Fsp3) is 0.647. The zero-order valence-electron chi connectivity index (χ0n) is 11.9. The number of hydrogen-bond acceptors (Lipinski definition) is 1. The molecular formula is C17H27N. The zero-order valence-corrected chi connectivity index (χ0v) is 11.9. The summed E-state index contributed by atoms with van der Waals surface area (Å²) in [5.41, 5.74) is 1.98. The Labute approximate surface area is 112 Å². The monoisotopic (exact) mass is 245 g/mol. The minimum atomic E-state index is 0.497. The van der Waals surface area contributed by atoms with E-state index in [-0.39, 0.29) is 0 Å². The van der Waals surface area contributed by atoms with Gasteiger partial charge in [-0.15, -0.1) is 0 Å². The van der Waals surface area contributed by atoms with Crippen molar-refractivity contribution in [2.24, 2.45) is 5.41 Å². The van der Waals surface area contributed by atoms with Gasteiger partial charge >= 0.3 is 0 Å². The van der Waals surface area contributed by atoms with E-state index in [9.17, 15) is 0 Å². The van der Waals surface area contributed by atoms with Crippen LogP contribution in [0.15, 0.2) is 30.3 Å². The molecule has 0 amide bonds. The van der Waals surface area contributed by atoms with Crippen molar-refractivity contribution >= 4 is 0 Å². The molecule has 0 radical (unpaired) electrons. The van der Waals surface area contributed by atoms with Crippen molar-refractivity contribution in [3.63, 3.8) is 0 Å². The first-order valence-electron chi connectivity index (χ1n) is 7.61. The lowest BCUT2D eigenvalue weighted by atomic mass is 9.73. The maximum Gasteiger partial charge on any atom is 0.0377 e. The summed E-state index contributed by atoms with van der Waals surface area (Å²) in [5.74, 6) is 0. The lowest BCUT2D eigenvalue weighted by Gasteiger charge is -2.38. The predicted octanol–water partition coefficient (Wildman–Crippen LogP) is 4.70. The second-order valence-corrected chi connectivity index (χ2v) is 5.72. The van der Waals surface area contributed by atoms with Crippen molar-refractivity contribution in [3.8, 4) is 0 Å². The number of rotatable bonds is 6. The quantitative estimate of drug-likeness (QED) is 0.766. The summed E-state index contributed by atoms with van der Waals surface area (Å²) < 4.78 is 0. The molecule has 0 heterocycles. The lowest BCUT2D eigenvalue weighted by Crippen LogP contribution is -2.36. The van der Waals surface area contributed by atoms with Gasteiger partial charge in [-0.2, -0.15) is 0 Å². The van der Waals surface area contributed by atoms with Crippen molar-refractivity contribution in [3.05, 3.63) is 35.9 Å². The van der Waals surface area contributed by atoms with E-state index in [4.69, 9.17) is 0 Å². The first kappa shape index (κ1) is 13.6. The fourth-order valence-corrected chi connectivity index (χ4v) is 3.55. The Hall–Kier alpha value is -0.820. The molecule has 1 atom stereocenters. The Morgan fingerprint density at radius 2 is 1.78 bits per heavy atom. The van der Waals surface area contributed by atoms with Crippen LogP contribution in [0.1, 0.15) is 64.0 Å². The molecule has 100 valence electrons. The van der Waals surface area contributed by atoms with Gasteiger partial charge in [-0.1, -0.05) is 57.0 Å². The molecule has 0 bridgehead atoms. The highest BCUT2D eigenvalue weighted by Gasteiger charge is 2.39. The smallest absolute Gasteiger partial charge is 0.0377 e. The first-order valence-corrected chi connectivity index (χ1v) is 7.61. The molecule has 1 fully saturated rings. The molecule has 1 aliphatic carbocycles. The molecule has 2 rings (SSSR count). The van der Waals surface area contributed by atoms with Gasteiger partial charge in [-0.25, -0.2) is 0 Å². The summed E-state index contributed by atoms with van der Waals surface area (Å²) in [6.07, 6.45) is 8.10. The van der Waals surface area contributed by atoms with Crippen molar-refractivity contribution < 1.29 is 0 Å². The SMILES string of the molecule is CCCNC(c1ccccc1)C1(CC)CCCC1. The van der Waals surface area contributed by atoms with Crippen LogP contribution < -0.4 is 5.32 Å². The maximum atomic E-state index is 3.82. The van der Waals surface area contributed by atoms with Crippen molar-refractivity contribution in [2.75, 3.05) is 6.54 Å². The Morgan fingerprint density at radius 1 is 1.11 bits per heavy atom. The van der Waals surface area contributed by atoms with Crippen LogP contribution in [0.3, 0.4) is 0 Å². The van der Waals surface area contributed by atoms with Gasteiger partial charge in [0.15, 0.2) is 0 Å². The van der Waals surface area contributed by atoms with Crippen LogP contribution in [0, 0.1) is 5.41 Å². The fourth-order valence-electron chi connectivity index (χ4n) is 3.55. The minimum absolute atomic E-state index is 0.497. The molecular weight excluding hydrogens is 218 g/mol. The summed E-state index contributed by atoms with van der Waals surface area (Å²) in [7, 11) is 0. The van der Waals surface area contributed by atoms with Crippen LogP contribution in [0.4, 0.5) is 0 Å². The molecule has 18 heavy (non-hydrogen) atoms. The lowest BCUT2D eigenvalue weighted by molar-refractivity contribution is 0.187. The maximum absolute atomic E-state index is 3.82. The Bertz CT molecular complexity index is 338. The van der Waals surface area contributed by atoms with E-state index in [0.717, 1.165) is 6.54 Å². The van der Waals surface area contributed by atoms with E-state index in [1.165, 1.54) is 44.1 Å². The average molecular weight is 245 g/mol. The highest BCUT2D eigenvalue weighted by atomic mass is 14.9. The molecule has 0 saturated heterocycles. The molecule has 1 aromatic carbocycles. The van der Waals surface area contributed by atoms with Crippen LogP contribution >= 0.6 is 0 Å². The molecule has 1 N–H and O–H groups in total. The second-order valence-electron chi connectivity index (χ2n) is 5.72. The predicted molar refractivity (Wildman–Crippen MR) is 78.7 cm³/mol. The molecule has 0 spiro atoms. The molecule has 0 aromatic heterocycles. The van der Waals surface area contributed by atoms with Crippen LogP contribution in [0.2, 0.25) is 0 Å². The summed E-state index contributed by atoms with van der Waals surface area (Å²) in [6, 6.07) is 11.6. The molecule has 1 nitrogen and oxygen atoms in total. The Morgan fingerprint density at radius 3 is 2.33 bits per heavy atom. The third-order valence-corrected chi connectivity index (χ3v) is 4.65. The molecule has 1 aromatic rings. The highest BCUT2D eigenvalue weighted by molar-refractivity contribution is 5.22. The van der Waals surface area contributed by atoms with E-state index in [1.807, 2.05) is 0 Å². The molecule has 1 unspecified atom stereocenters. The van der Waals surface area contributed by atoms with Crippen LogP contribution in [0.25, 0.3) is 0 Å². The van der Waals surface area contributed by atoms with Crippen molar-refractivity contribution in [1.82, 2.24) is 5.32 Å². The zero-order chi connectivity index (χ0) is 12.8. The number of benzene rings is 1. The molecule has 1 saturated carbocycles. The van der Waals surface area contributed by atoms with E-state index < -0.39 is 0 Å². The largest absolute Gasteiger partial charge is 0.309 e. The molecule has 1 heteroatoms. The van der Waals surface area contributed by atoms with E-state index in [0.29, 0.717) is 11.5 Å². The summed E-state index contributed by atoms with van der Waals surface area (Å²) in [4.78, 5) is 0. The molecule has 0 aliphatic heterocycles. The number of nitrogens with one attached hydrogen (secondary N) is 1. The minimum Gasteiger partial charge on any atom is -0.309 e. The molecule has 1 aliphatic rings. The van der Waals surface area contributed by atoms with Crippen molar-refractivity contribution in [1.29, 1.82) is 0 Å². The second kappa shape index (κ2) is 6.38. The van der Waals surface area contributed by atoms with E-state index in [2.05, 4.69) is 49.5 Å². The Balaban J connectivity index is 2.24. The van der Waals surface area contributed by atoms with Gasteiger partial charge in [0.2, 0.25) is 0 Å². The standard InChI is InChI=1S/C17H27N/c1-3-14-18-16(15-10-6-5-7-11-15)17(4-2)12-8-9-13-17/h5-7,10-11,16,18H,3-4,8-9,12-14H2,1-2H3. The third kappa shape index (κ3) is 2.77. The first-order chi connectivity index (χ1) is 8.82. The average Bonchev–Trinajstić information content (AvgIpc) is 2.90.